The van der Waals surface area contributed by atoms with Gasteiger partial charge in [-0.15, -0.1) is 0 Å². The van der Waals surface area contributed by atoms with E-state index in [4.69, 9.17) is 11.6 Å². The average molecular weight is 358 g/mol. The second-order valence-electron chi connectivity index (χ2n) is 5.37. The number of nitrogens with zero attached hydrogens (tertiary/aromatic N) is 4. The zero-order valence-corrected chi connectivity index (χ0v) is 14.7. The Morgan fingerprint density at radius 3 is 2.40 bits per heavy atom. The Kier molecular flexibility index (Phi) is 4.49. The molecule has 0 atom stereocenters. The summed E-state index contributed by atoms with van der Waals surface area (Å²) in [5.74, 6) is 1.15. The van der Waals surface area contributed by atoms with Crippen molar-refractivity contribution in [3.63, 3.8) is 0 Å². The molecule has 6 heteroatoms. The summed E-state index contributed by atoms with van der Waals surface area (Å²) in [5.41, 5.74) is 3.86. The number of rotatable bonds is 3. The maximum atomic E-state index is 6.24. The third-order valence-electron chi connectivity index (χ3n) is 3.21. The monoisotopic (exact) mass is 356 g/mol. The minimum Gasteiger partial charge on any atom is -0.272 e. The molecule has 108 valence electrons. The number of halogens is 2. The summed E-state index contributed by atoms with van der Waals surface area (Å²) in [6.07, 6.45) is 0.855. The SMILES string of the molecule is Cc1nn(C)c(C)c1-c1nc(Cl)c(Br)c(CC(C)C)n1. The maximum absolute atomic E-state index is 6.24. The molecular formula is C14H18BrClN4. The lowest BCUT2D eigenvalue weighted by Gasteiger charge is -2.10. The van der Waals surface area contributed by atoms with Gasteiger partial charge < -0.3 is 0 Å². The van der Waals surface area contributed by atoms with E-state index in [0.717, 1.165) is 33.5 Å². The van der Waals surface area contributed by atoms with E-state index in [-0.39, 0.29) is 0 Å². The van der Waals surface area contributed by atoms with Crippen molar-refractivity contribution in [3.8, 4) is 11.4 Å². The van der Waals surface area contributed by atoms with Crippen molar-refractivity contribution < 1.29 is 0 Å². The van der Waals surface area contributed by atoms with Crippen molar-refractivity contribution >= 4 is 27.5 Å². The van der Waals surface area contributed by atoms with E-state index < -0.39 is 0 Å². The third kappa shape index (κ3) is 2.88. The van der Waals surface area contributed by atoms with Crippen LogP contribution in [0.25, 0.3) is 11.4 Å². The Labute approximate surface area is 132 Å². The van der Waals surface area contributed by atoms with Gasteiger partial charge in [0.1, 0.15) is 5.15 Å². The van der Waals surface area contributed by atoms with Crippen molar-refractivity contribution in [2.75, 3.05) is 0 Å². The highest BCUT2D eigenvalue weighted by Gasteiger charge is 2.18. The first-order valence-electron chi connectivity index (χ1n) is 6.53. The summed E-state index contributed by atoms with van der Waals surface area (Å²) in [6, 6.07) is 0. The molecule has 0 saturated heterocycles. The fourth-order valence-electron chi connectivity index (χ4n) is 2.19. The van der Waals surface area contributed by atoms with Gasteiger partial charge in [-0.3, -0.25) is 4.68 Å². The molecule has 0 unspecified atom stereocenters. The molecule has 20 heavy (non-hydrogen) atoms. The molecule has 0 saturated carbocycles. The fourth-order valence-corrected chi connectivity index (χ4v) is 2.72. The molecule has 0 spiro atoms. The van der Waals surface area contributed by atoms with Crippen molar-refractivity contribution in [2.45, 2.75) is 34.1 Å². The molecule has 0 N–H and O–H groups in total. The van der Waals surface area contributed by atoms with Crippen LogP contribution in [0.3, 0.4) is 0 Å². The fraction of sp³-hybridized carbons (Fsp3) is 0.500. The average Bonchev–Trinajstić information content (AvgIpc) is 2.58. The number of hydrogen-bond acceptors (Lipinski definition) is 3. The quantitative estimate of drug-likeness (QED) is 0.776. The third-order valence-corrected chi connectivity index (χ3v) is 4.55. The Morgan fingerprint density at radius 1 is 1.25 bits per heavy atom. The molecule has 2 aromatic heterocycles. The Hall–Kier alpha value is -0.940. The number of aryl methyl sites for hydroxylation is 2. The lowest BCUT2D eigenvalue weighted by atomic mass is 10.1. The summed E-state index contributed by atoms with van der Waals surface area (Å²) in [7, 11) is 1.92. The van der Waals surface area contributed by atoms with E-state index in [1.165, 1.54) is 0 Å². The molecule has 0 fully saturated rings. The van der Waals surface area contributed by atoms with Crippen LogP contribution in [0.5, 0.6) is 0 Å². The van der Waals surface area contributed by atoms with Gasteiger partial charge in [0.15, 0.2) is 5.82 Å². The standard InChI is InChI=1S/C14H18BrClN4/c1-7(2)6-10-12(15)13(16)18-14(17-10)11-8(3)19-20(5)9(11)4/h7H,6H2,1-5H3. The molecule has 0 aliphatic heterocycles. The second kappa shape index (κ2) is 5.82. The lowest BCUT2D eigenvalue weighted by Crippen LogP contribution is -2.03. The van der Waals surface area contributed by atoms with E-state index in [0.29, 0.717) is 16.9 Å². The van der Waals surface area contributed by atoms with Crippen molar-refractivity contribution in [2.24, 2.45) is 13.0 Å². The number of aromatic nitrogens is 4. The lowest BCUT2D eigenvalue weighted by molar-refractivity contribution is 0.632. The predicted octanol–water partition coefficient (Wildman–Crippen LogP) is 4.11. The van der Waals surface area contributed by atoms with E-state index in [2.05, 4.69) is 44.8 Å². The van der Waals surface area contributed by atoms with Crippen LogP contribution in [0.15, 0.2) is 4.47 Å². The molecule has 0 aliphatic rings. The Balaban J connectivity index is 2.60. The molecule has 4 nitrogen and oxygen atoms in total. The summed E-state index contributed by atoms with van der Waals surface area (Å²) < 4.78 is 2.63. The van der Waals surface area contributed by atoms with Crippen LogP contribution in [0.2, 0.25) is 5.15 Å². The first-order chi connectivity index (χ1) is 9.31. The van der Waals surface area contributed by atoms with E-state index in [1.54, 1.807) is 0 Å². The van der Waals surface area contributed by atoms with Crippen LogP contribution in [0.4, 0.5) is 0 Å². The van der Waals surface area contributed by atoms with Crippen LogP contribution in [-0.2, 0) is 13.5 Å². The largest absolute Gasteiger partial charge is 0.272 e. The van der Waals surface area contributed by atoms with Gasteiger partial charge in [0.05, 0.1) is 21.4 Å². The topological polar surface area (TPSA) is 43.6 Å². The summed E-state index contributed by atoms with van der Waals surface area (Å²) in [6.45, 7) is 8.28. The van der Waals surface area contributed by atoms with Gasteiger partial charge in [-0.1, -0.05) is 25.4 Å². The maximum Gasteiger partial charge on any atom is 0.164 e. The summed E-state index contributed by atoms with van der Waals surface area (Å²) in [4.78, 5) is 9.08. The normalized spacial score (nSPS) is 11.4. The molecular weight excluding hydrogens is 340 g/mol. The van der Waals surface area contributed by atoms with Crippen molar-refractivity contribution in [1.29, 1.82) is 0 Å². The van der Waals surface area contributed by atoms with Crippen LogP contribution in [0.1, 0.15) is 30.9 Å². The minimum atomic E-state index is 0.452. The van der Waals surface area contributed by atoms with Gasteiger partial charge in [0.2, 0.25) is 0 Å². The smallest absolute Gasteiger partial charge is 0.164 e. The minimum absolute atomic E-state index is 0.452. The number of hydrogen-bond donors (Lipinski definition) is 0. The van der Waals surface area contributed by atoms with Crippen LogP contribution in [0, 0.1) is 19.8 Å². The van der Waals surface area contributed by atoms with Crippen LogP contribution in [-0.4, -0.2) is 19.7 Å². The first-order valence-corrected chi connectivity index (χ1v) is 7.70. The van der Waals surface area contributed by atoms with E-state index in [9.17, 15) is 0 Å². The molecule has 0 aliphatic carbocycles. The highest BCUT2D eigenvalue weighted by atomic mass is 79.9. The first kappa shape index (κ1) is 15.4. The molecule has 2 rings (SSSR count). The molecule has 2 aromatic rings. The highest BCUT2D eigenvalue weighted by molar-refractivity contribution is 9.10. The Bertz CT molecular complexity index is 649. The highest BCUT2D eigenvalue weighted by Crippen LogP contribution is 2.30. The second-order valence-corrected chi connectivity index (χ2v) is 6.52. The van der Waals surface area contributed by atoms with Crippen LogP contribution < -0.4 is 0 Å². The van der Waals surface area contributed by atoms with Crippen molar-refractivity contribution in [1.82, 2.24) is 19.7 Å². The van der Waals surface area contributed by atoms with Gasteiger partial charge in [-0.25, -0.2) is 9.97 Å². The van der Waals surface area contributed by atoms with Crippen molar-refractivity contribution in [3.05, 3.63) is 26.7 Å². The zero-order chi connectivity index (χ0) is 15.0. The van der Waals surface area contributed by atoms with E-state index in [1.807, 2.05) is 25.6 Å². The predicted molar refractivity (Wildman–Crippen MR) is 85.0 cm³/mol. The molecule has 0 amide bonds. The van der Waals surface area contributed by atoms with Gasteiger partial charge in [-0.2, -0.15) is 5.10 Å². The molecule has 0 radical (unpaired) electrons. The van der Waals surface area contributed by atoms with Gasteiger partial charge >= 0.3 is 0 Å². The molecule has 2 heterocycles. The van der Waals surface area contributed by atoms with E-state index >= 15 is 0 Å². The molecule has 0 bridgehead atoms. The molecule has 0 aromatic carbocycles. The van der Waals surface area contributed by atoms with Gasteiger partial charge in [0, 0.05) is 12.7 Å². The van der Waals surface area contributed by atoms with Crippen LogP contribution >= 0.6 is 27.5 Å². The summed E-state index contributed by atoms with van der Waals surface area (Å²) >= 11 is 9.72. The Morgan fingerprint density at radius 2 is 1.90 bits per heavy atom. The van der Waals surface area contributed by atoms with Gasteiger partial charge in [0.25, 0.3) is 0 Å². The zero-order valence-electron chi connectivity index (χ0n) is 12.3. The van der Waals surface area contributed by atoms with Gasteiger partial charge in [-0.05, 0) is 42.1 Å². The summed E-state index contributed by atoms with van der Waals surface area (Å²) in [5, 5.41) is 4.86.